The van der Waals surface area contributed by atoms with Crippen molar-refractivity contribution in [3.63, 3.8) is 0 Å². The predicted octanol–water partition coefficient (Wildman–Crippen LogP) is -0.518. The van der Waals surface area contributed by atoms with Gasteiger partial charge >= 0.3 is 0 Å². The van der Waals surface area contributed by atoms with Crippen molar-refractivity contribution >= 4 is 21.7 Å². The smallest absolute Gasteiger partial charge is 0.273 e. The van der Waals surface area contributed by atoms with Crippen molar-refractivity contribution in [2.45, 2.75) is 0 Å². The zero-order valence-electron chi connectivity index (χ0n) is 12.0. The van der Waals surface area contributed by atoms with Crippen LogP contribution in [0.3, 0.4) is 0 Å². The van der Waals surface area contributed by atoms with E-state index in [9.17, 15) is 13.2 Å². The Morgan fingerprint density at radius 2 is 1.85 bits per heavy atom. The van der Waals surface area contributed by atoms with Gasteiger partial charge < -0.3 is 10.2 Å². The molecule has 20 heavy (non-hydrogen) atoms. The third-order valence-corrected chi connectivity index (χ3v) is 4.35. The van der Waals surface area contributed by atoms with Crippen LogP contribution < -0.4 is 5.32 Å². The number of nitrogens with zero attached hydrogens (tertiary/aromatic N) is 4. The van der Waals surface area contributed by atoms with Crippen LogP contribution in [-0.4, -0.2) is 74.2 Å². The molecule has 0 aliphatic rings. The van der Waals surface area contributed by atoms with Gasteiger partial charge in [0.1, 0.15) is 5.82 Å². The number of carbonyl (C=O) groups is 1. The number of carbonyl (C=O) groups excluding carboxylic acids is 1. The Hall–Kier alpha value is -1.74. The normalized spacial score (nSPS) is 11.4. The van der Waals surface area contributed by atoms with E-state index in [4.69, 9.17) is 0 Å². The molecule has 8 nitrogen and oxygen atoms in total. The Bertz CT molecular complexity index is 554. The zero-order valence-corrected chi connectivity index (χ0v) is 12.8. The van der Waals surface area contributed by atoms with Crippen LogP contribution in [-0.2, 0) is 10.0 Å². The maximum Gasteiger partial charge on any atom is 0.273 e. The molecular formula is C11H19N5O3S. The fourth-order valence-corrected chi connectivity index (χ4v) is 1.99. The van der Waals surface area contributed by atoms with Gasteiger partial charge in [0.2, 0.25) is 10.0 Å². The summed E-state index contributed by atoms with van der Waals surface area (Å²) in [5.41, 5.74) is 0.237. The summed E-state index contributed by atoms with van der Waals surface area (Å²) < 4.78 is 24.2. The van der Waals surface area contributed by atoms with E-state index in [2.05, 4.69) is 15.5 Å². The molecule has 112 valence electrons. The first-order valence-electron chi connectivity index (χ1n) is 5.93. The SMILES string of the molecule is CN(C)C(=O)c1ccc(NCCS(=O)(=O)N(C)C)nn1. The van der Waals surface area contributed by atoms with Crippen molar-refractivity contribution in [2.75, 3.05) is 45.8 Å². The molecule has 0 aliphatic carbocycles. The summed E-state index contributed by atoms with van der Waals surface area (Å²) in [5.74, 6) is 0.147. The van der Waals surface area contributed by atoms with E-state index in [1.807, 2.05) is 0 Å². The first-order valence-corrected chi connectivity index (χ1v) is 7.54. The summed E-state index contributed by atoms with van der Waals surface area (Å²) >= 11 is 0. The van der Waals surface area contributed by atoms with E-state index in [-0.39, 0.29) is 23.9 Å². The van der Waals surface area contributed by atoms with E-state index < -0.39 is 10.0 Å². The van der Waals surface area contributed by atoms with E-state index in [1.165, 1.54) is 29.4 Å². The molecule has 0 aliphatic heterocycles. The summed E-state index contributed by atoms with van der Waals surface area (Å²) in [7, 11) is 2.98. The van der Waals surface area contributed by atoms with E-state index in [0.29, 0.717) is 5.82 Å². The number of rotatable bonds is 6. The van der Waals surface area contributed by atoms with Crippen LogP contribution in [0.15, 0.2) is 12.1 Å². The van der Waals surface area contributed by atoms with E-state index in [1.54, 1.807) is 20.2 Å². The third kappa shape index (κ3) is 4.42. The van der Waals surface area contributed by atoms with Crippen molar-refractivity contribution in [1.82, 2.24) is 19.4 Å². The number of sulfonamides is 1. The van der Waals surface area contributed by atoms with Crippen LogP contribution in [0.25, 0.3) is 0 Å². The van der Waals surface area contributed by atoms with Gasteiger partial charge in [-0.1, -0.05) is 0 Å². The minimum absolute atomic E-state index is 0.0416. The summed E-state index contributed by atoms with van der Waals surface area (Å²) in [6.07, 6.45) is 0. The Kier molecular flexibility index (Phi) is 5.40. The lowest BCUT2D eigenvalue weighted by Crippen LogP contribution is -2.28. The standard InChI is InChI=1S/C11H19N5O3S/c1-15(2)11(17)9-5-6-10(14-13-9)12-7-8-20(18,19)16(3)4/h5-6H,7-8H2,1-4H3,(H,12,14). The van der Waals surface area contributed by atoms with Crippen molar-refractivity contribution in [2.24, 2.45) is 0 Å². The Labute approximate surface area is 118 Å². The van der Waals surface area contributed by atoms with Gasteiger partial charge in [-0.15, -0.1) is 10.2 Å². The van der Waals surface area contributed by atoms with Gasteiger partial charge in [0.05, 0.1) is 5.75 Å². The average molecular weight is 301 g/mol. The van der Waals surface area contributed by atoms with Gasteiger partial charge in [-0.3, -0.25) is 4.79 Å². The monoisotopic (exact) mass is 301 g/mol. The fraction of sp³-hybridized carbons (Fsp3) is 0.545. The lowest BCUT2D eigenvalue weighted by atomic mass is 10.3. The van der Waals surface area contributed by atoms with Gasteiger partial charge in [-0.2, -0.15) is 0 Å². The molecule has 0 spiro atoms. The lowest BCUT2D eigenvalue weighted by molar-refractivity contribution is 0.0821. The summed E-state index contributed by atoms with van der Waals surface area (Å²) in [5, 5.41) is 10.5. The van der Waals surface area contributed by atoms with Crippen molar-refractivity contribution in [1.29, 1.82) is 0 Å². The molecule has 0 unspecified atom stereocenters. The number of hydrogen-bond acceptors (Lipinski definition) is 6. The summed E-state index contributed by atoms with van der Waals surface area (Å²) in [4.78, 5) is 13.0. The number of anilines is 1. The number of hydrogen-bond donors (Lipinski definition) is 1. The minimum Gasteiger partial charge on any atom is -0.368 e. The first kappa shape index (κ1) is 16.3. The molecular weight excluding hydrogens is 282 g/mol. The highest BCUT2D eigenvalue weighted by Crippen LogP contribution is 2.04. The van der Waals surface area contributed by atoms with Gasteiger partial charge in [0.15, 0.2) is 5.69 Å². The Balaban J connectivity index is 2.57. The Morgan fingerprint density at radius 1 is 1.20 bits per heavy atom. The second-order valence-electron chi connectivity index (χ2n) is 4.53. The second kappa shape index (κ2) is 6.62. The van der Waals surface area contributed by atoms with Crippen LogP contribution in [0.5, 0.6) is 0 Å². The Morgan fingerprint density at radius 3 is 2.30 bits per heavy atom. The fourth-order valence-electron chi connectivity index (χ4n) is 1.26. The van der Waals surface area contributed by atoms with E-state index >= 15 is 0 Å². The minimum atomic E-state index is -3.24. The number of aromatic nitrogens is 2. The third-order valence-electron chi connectivity index (χ3n) is 2.51. The van der Waals surface area contributed by atoms with Crippen molar-refractivity contribution < 1.29 is 13.2 Å². The molecule has 0 saturated heterocycles. The van der Waals surface area contributed by atoms with Crippen molar-refractivity contribution in [3.05, 3.63) is 17.8 Å². The zero-order chi connectivity index (χ0) is 15.3. The number of nitrogens with one attached hydrogen (secondary N) is 1. The molecule has 0 saturated carbocycles. The molecule has 1 N–H and O–H groups in total. The van der Waals surface area contributed by atoms with Crippen LogP contribution >= 0.6 is 0 Å². The molecule has 0 fully saturated rings. The number of amides is 1. The predicted molar refractivity (Wildman–Crippen MR) is 76.0 cm³/mol. The van der Waals surface area contributed by atoms with Gasteiger partial charge in [0, 0.05) is 34.7 Å². The molecule has 1 rings (SSSR count). The average Bonchev–Trinajstić information content (AvgIpc) is 2.38. The highest BCUT2D eigenvalue weighted by atomic mass is 32.2. The molecule has 0 aromatic carbocycles. The first-order chi connectivity index (χ1) is 9.24. The second-order valence-corrected chi connectivity index (χ2v) is 6.83. The van der Waals surface area contributed by atoms with E-state index in [0.717, 1.165) is 0 Å². The van der Waals surface area contributed by atoms with Crippen LogP contribution in [0.4, 0.5) is 5.82 Å². The molecule has 1 aromatic rings. The lowest BCUT2D eigenvalue weighted by Gasteiger charge is -2.12. The maximum absolute atomic E-state index is 11.6. The summed E-state index contributed by atoms with van der Waals surface area (Å²) in [6.45, 7) is 0.218. The largest absolute Gasteiger partial charge is 0.368 e. The van der Waals surface area contributed by atoms with Gasteiger partial charge in [0.25, 0.3) is 5.91 Å². The maximum atomic E-state index is 11.6. The quantitative estimate of drug-likeness (QED) is 0.760. The van der Waals surface area contributed by atoms with Crippen LogP contribution in [0.2, 0.25) is 0 Å². The van der Waals surface area contributed by atoms with Crippen LogP contribution in [0.1, 0.15) is 10.5 Å². The molecule has 9 heteroatoms. The molecule has 1 heterocycles. The highest BCUT2D eigenvalue weighted by molar-refractivity contribution is 7.89. The molecule has 0 bridgehead atoms. The molecule has 0 atom stereocenters. The van der Waals surface area contributed by atoms with Crippen molar-refractivity contribution in [3.8, 4) is 0 Å². The van der Waals surface area contributed by atoms with Gasteiger partial charge in [-0.05, 0) is 12.1 Å². The topological polar surface area (TPSA) is 95.5 Å². The van der Waals surface area contributed by atoms with Gasteiger partial charge in [-0.25, -0.2) is 12.7 Å². The molecule has 1 aromatic heterocycles. The van der Waals surface area contributed by atoms with Crippen LogP contribution in [0, 0.1) is 0 Å². The summed E-state index contributed by atoms with van der Waals surface area (Å²) in [6, 6.07) is 3.13. The highest BCUT2D eigenvalue weighted by Gasteiger charge is 2.13. The molecule has 0 radical (unpaired) electrons. The molecule has 1 amide bonds.